The normalized spacial score (nSPS) is 12.4. The molecule has 2 N–H and O–H groups in total. The lowest BCUT2D eigenvalue weighted by Crippen LogP contribution is -2.14. The summed E-state index contributed by atoms with van der Waals surface area (Å²) in [5, 5.41) is 1.18. The molecule has 0 saturated carbocycles. The fourth-order valence-electron chi connectivity index (χ4n) is 2.06. The molecule has 0 aliphatic heterocycles. The Hall–Kier alpha value is -1.02. The van der Waals surface area contributed by atoms with Crippen LogP contribution in [-0.4, -0.2) is 0 Å². The van der Waals surface area contributed by atoms with Crippen LogP contribution in [0, 0.1) is 6.92 Å². The lowest BCUT2D eigenvalue weighted by atomic mass is 9.96. The largest absolute Gasteiger partial charge is 0.324 e. The second kappa shape index (κ2) is 5.75. The number of benzene rings is 2. The van der Waals surface area contributed by atoms with Crippen LogP contribution in [0.4, 0.5) is 0 Å². The van der Waals surface area contributed by atoms with Crippen molar-refractivity contribution in [2.75, 3.05) is 0 Å². The van der Waals surface area contributed by atoms with Gasteiger partial charge < -0.3 is 5.73 Å². The number of aryl methyl sites for hydroxylation is 1. The van der Waals surface area contributed by atoms with Gasteiger partial charge in [0, 0.05) is 6.04 Å². The van der Waals surface area contributed by atoms with Gasteiger partial charge in [-0.2, -0.15) is 0 Å². The maximum absolute atomic E-state index is 6.25. The predicted molar refractivity (Wildman–Crippen MR) is 78.3 cm³/mol. The highest BCUT2D eigenvalue weighted by Crippen LogP contribution is 2.29. The van der Waals surface area contributed by atoms with Crippen molar-refractivity contribution in [3.8, 4) is 0 Å². The monoisotopic (exact) mass is 279 g/mol. The van der Waals surface area contributed by atoms with Gasteiger partial charge in [-0.3, -0.25) is 0 Å². The number of hydrogen-bond acceptors (Lipinski definition) is 1. The molecule has 1 nitrogen and oxygen atoms in total. The summed E-state index contributed by atoms with van der Waals surface area (Å²) >= 11 is 12.2. The standard InChI is InChI=1S/C15H15Cl2N/c1-10-5-2-3-7-12(10)14(18)9-11-6-4-8-13(16)15(11)17/h2-8,14H,9,18H2,1H3. The Bertz CT molecular complexity index is 552. The number of rotatable bonds is 3. The minimum Gasteiger partial charge on any atom is -0.324 e. The van der Waals surface area contributed by atoms with Gasteiger partial charge in [-0.25, -0.2) is 0 Å². The minimum absolute atomic E-state index is 0.0674. The molecule has 0 aliphatic rings. The first-order valence-electron chi connectivity index (χ1n) is 5.83. The van der Waals surface area contributed by atoms with E-state index in [1.54, 1.807) is 6.07 Å². The molecule has 94 valence electrons. The molecule has 18 heavy (non-hydrogen) atoms. The van der Waals surface area contributed by atoms with Crippen LogP contribution in [0.1, 0.15) is 22.7 Å². The molecule has 0 aliphatic carbocycles. The van der Waals surface area contributed by atoms with Crippen molar-refractivity contribution in [3.05, 3.63) is 69.2 Å². The van der Waals surface area contributed by atoms with Gasteiger partial charge in [0.2, 0.25) is 0 Å². The second-order valence-electron chi connectivity index (χ2n) is 4.38. The molecule has 0 amide bonds. The van der Waals surface area contributed by atoms with Gasteiger partial charge in [-0.15, -0.1) is 0 Å². The molecule has 0 saturated heterocycles. The first-order valence-corrected chi connectivity index (χ1v) is 6.59. The highest BCUT2D eigenvalue weighted by Gasteiger charge is 2.12. The van der Waals surface area contributed by atoms with Gasteiger partial charge in [0.15, 0.2) is 0 Å². The Balaban J connectivity index is 2.24. The summed E-state index contributed by atoms with van der Waals surface area (Å²) in [5.41, 5.74) is 9.58. The average Bonchev–Trinajstić information content (AvgIpc) is 2.35. The molecular weight excluding hydrogens is 265 g/mol. The number of nitrogens with two attached hydrogens (primary N) is 1. The smallest absolute Gasteiger partial charge is 0.0624 e. The molecule has 0 aromatic heterocycles. The van der Waals surface area contributed by atoms with Crippen LogP contribution in [0.2, 0.25) is 10.0 Å². The van der Waals surface area contributed by atoms with Gasteiger partial charge in [-0.05, 0) is 36.1 Å². The van der Waals surface area contributed by atoms with E-state index in [1.807, 2.05) is 24.3 Å². The Labute approximate surface area is 118 Å². The zero-order valence-electron chi connectivity index (χ0n) is 10.2. The zero-order chi connectivity index (χ0) is 13.1. The molecule has 2 aromatic rings. The van der Waals surface area contributed by atoms with Crippen LogP contribution in [0.5, 0.6) is 0 Å². The summed E-state index contributed by atoms with van der Waals surface area (Å²) in [4.78, 5) is 0. The summed E-state index contributed by atoms with van der Waals surface area (Å²) in [7, 11) is 0. The third kappa shape index (κ3) is 2.86. The third-order valence-corrected chi connectivity index (χ3v) is 3.92. The fraction of sp³-hybridized carbons (Fsp3) is 0.200. The van der Waals surface area contributed by atoms with E-state index < -0.39 is 0 Å². The molecule has 1 atom stereocenters. The van der Waals surface area contributed by atoms with Crippen LogP contribution >= 0.6 is 23.2 Å². The summed E-state index contributed by atoms with van der Waals surface area (Å²) in [6.45, 7) is 2.06. The maximum atomic E-state index is 6.25. The lowest BCUT2D eigenvalue weighted by Gasteiger charge is -2.15. The van der Waals surface area contributed by atoms with Crippen LogP contribution in [-0.2, 0) is 6.42 Å². The SMILES string of the molecule is Cc1ccccc1C(N)Cc1cccc(Cl)c1Cl. The van der Waals surface area contributed by atoms with Crippen molar-refractivity contribution in [1.29, 1.82) is 0 Å². The van der Waals surface area contributed by atoms with Gasteiger partial charge in [-0.1, -0.05) is 59.6 Å². The second-order valence-corrected chi connectivity index (χ2v) is 5.17. The highest BCUT2D eigenvalue weighted by atomic mass is 35.5. The number of halogens is 2. The summed E-state index contributed by atoms with van der Waals surface area (Å²) in [6, 6.07) is 13.7. The van der Waals surface area contributed by atoms with E-state index in [0.717, 1.165) is 11.1 Å². The van der Waals surface area contributed by atoms with Crippen molar-refractivity contribution in [1.82, 2.24) is 0 Å². The Kier molecular flexibility index (Phi) is 4.28. The van der Waals surface area contributed by atoms with E-state index in [2.05, 4.69) is 19.1 Å². The molecule has 0 radical (unpaired) electrons. The summed E-state index contributed by atoms with van der Waals surface area (Å²) in [6.07, 6.45) is 0.685. The predicted octanol–water partition coefficient (Wildman–Crippen LogP) is 4.54. The Morgan fingerprint density at radius 3 is 2.50 bits per heavy atom. The van der Waals surface area contributed by atoms with E-state index in [0.29, 0.717) is 16.5 Å². The molecular formula is C15H15Cl2N. The van der Waals surface area contributed by atoms with Crippen molar-refractivity contribution >= 4 is 23.2 Å². The van der Waals surface area contributed by atoms with Gasteiger partial charge in [0.05, 0.1) is 10.0 Å². The highest BCUT2D eigenvalue weighted by molar-refractivity contribution is 6.42. The third-order valence-electron chi connectivity index (χ3n) is 3.06. The van der Waals surface area contributed by atoms with Crippen LogP contribution in [0.15, 0.2) is 42.5 Å². The van der Waals surface area contributed by atoms with E-state index in [4.69, 9.17) is 28.9 Å². The van der Waals surface area contributed by atoms with Crippen molar-refractivity contribution in [2.45, 2.75) is 19.4 Å². The Morgan fingerprint density at radius 1 is 1.06 bits per heavy atom. The quantitative estimate of drug-likeness (QED) is 0.877. The molecule has 2 rings (SSSR count). The van der Waals surface area contributed by atoms with Crippen LogP contribution in [0.3, 0.4) is 0 Å². The maximum Gasteiger partial charge on any atom is 0.0624 e. The van der Waals surface area contributed by atoms with E-state index in [1.165, 1.54) is 5.56 Å². The molecule has 0 spiro atoms. The van der Waals surface area contributed by atoms with Gasteiger partial charge in [0.25, 0.3) is 0 Å². The summed E-state index contributed by atoms with van der Waals surface area (Å²) in [5.74, 6) is 0. The van der Waals surface area contributed by atoms with Crippen molar-refractivity contribution < 1.29 is 0 Å². The van der Waals surface area contributed by atoms with E-state index in [-0.39, 0.29) is 6.04 Å². The summed E-state index contributed by atoms with van der Waals surface area (Å²) < 4.78 is 0. The first-order chi connectivity index (χ1) is 8.59. The fourth-order valence-corrected chi connectivity index (χ4v) is 2.45. The first kappa shape index (κ1) is 13.4. The zero-order valence-corrected chi connectivity index (χ0v) is 11.7. The Morgan fingerprint density at radius 2 is 1.78 bits per heavy atom. The van der Waals surface area contributed by atoms with Crippen molar-refractivity contribution in [2.24, 2.45) is 5.73 Å². The molecule has 0 heterocycles. The van der Waals surface area contributed by atoms with Gasteiger partial charge in [0.1, 0.15) is 0 Å². The number of hydrogen-bond donors (Lipinski definition) is 1. The molecule has 3 heteroatoms. The molecule has 0 fully saturated rings. The topological polar surface area (TPSA) is 26.0 Å². The molecule has 2 aromatic carbocycles. The lowest BCUT2D eigenvalue weighted by molar-refractivity contribution is 0.717. The van der Waals surface area contributed by atoms with E-state index in [9.17, 15) is 0 Å². The van der Waals surface area contributed by atoms with E-state index >= 15 is 0 Å². The molecule has 0 bridgehead atoms. The van der Waals surface area contributed by atoms with Crippen molar-refractivity contribution in [3.63, 3.8) is 0 Å². The average molecular weight is 280 g/mol. The van der Waals surface area contributed by atoms with Gasteiger partial charge >= 0.3 is 0 Å². The van der Waals surface area contributed by atoms with Crippen LogP contribution in [0.25, 0.3) is 0 Å². The molecule has 1 unspecified atom stereocenters. The van der Waals surface area contributed by atoms with Crippen LogP contribution < -0.4 is 5.73 Å². The minimum atomic E-state index is -0.0674.